The van der Waals surface area contributed by atoms with E-state index >= 15 is 0 Å². The summed E-state index contributed by atoms with van der Waals surface area (Å²) >= 11 is 1.58. The van der Waals surface area contributed by atoms with E-state index in [1.54, 1.807) is 11.5 Å². The van der Waals surface area contributed by atoms with Crippen molar-refractivity contribution in [1.82, 2.24) is 9.27 Å². The Kier molecular flexibility index (Phi) is 7.38. The van der Waals surface area contributed by atoms with Gasteiger partial charge in [0.05, 0.1) is 11.3 Å². The third-order valence-corrected chi connectivity index (χ3v) is 6.53. The summed E-state index contributed by atoms with van der Waals surface area (Å²) in [5, 5.41) is 4.16. The third-order valence-electron chi connectivity index (χ3n) is 5.71. The minimum absolute atomic E-state index is 0.370. The largest absolute Gasteiger partial charge is 0.449 e. The van der Waals surface area contributed by atoms with E-state index in [1.807, 2.05) is 18.2 Å². The molecule has 2 heterocycles. The molecule has 7 heteroatoms. The smallest absolute Gasteiger partial charge is 0.411 e. The number of amides is 1. The van der Waals surface area contributed by atoms with Crippen LogP contribution in [0.2, 0.25) is 0 Å². The molecular weight excluding hydrogens is 408 g/mol. The molecule has 1 fully saturated rings. The van der Waals surface area contributed by atoms with Crippen LogP contribution in [0.25, 0.3) is 10.1 Å². The Morgan fingerprint density at radius 1 is 1.10 bits per heavy atom. The highest BCUT2D eigenvalue weighted by Gasteiger charge is 2.20. The fourth-order valence-corrected chi connectivity index (χ4v) is 4.67. The molecule has 0 spiro atoms. The number of carbonyl (C=O) groups excluding carboxylic acids is 1. The fraction of sp³-hybridized carbons (Fsp3) is 0.417. The van der Waals surface area contributed by atoms with Crippen LogP contribution in [-0.2, 0) is 11.2 Å². The van der Waals surface area contributed by atoms with E-state index in [2.05, 4.69) is 52.4 Å². The first kappa shape index (κ1) is 21.6. The molecule has 0 bridgehead atoms. The maximum Gasteiger partial charge on any atom is 0.411 e. The summed E-state index contributed by atoms with van der Waals surface area (Å²) in [6, 6.07) is 16.5. The van der Waals surface area contributed by atoms with E-state index in [-0.39, 0.29) is 6.09 Å². The van der Waals surface area contributed by atoms with Crippen molar-refractivity contribution >= 4 is 39.2 Å². The summed E-state index contributed by atoms with van der Waals surface area (Å²) in [5.41, 5.74) is 1.99. The van der Waals surface area contributed by atoms with E-state index in [4.69, 9.17) is 9.11 Å². The number of para-hydroxylation sites is 1. The molecule has 2 aromatic carbocycles. The minimum Gasteiger partial charge on any atom is -0.449 e. The van der Waals surface area contributed by atoms with Crippen LogP contribution in [-0.4, -0.2) is 54.7 Å². The van der Waals surface area contributed by atoms with Crippen molar-refractivity contribution in [2.75, 3.05) is 49.5 Å². The van der Waals surface area contributed by atoms with Crippen LogP contribution in [0.3, 0.4) is 0 Å². The molecule has 4 rings (SSSR count). The van der Waals surface area contributed by atoms with Gasteiger partial charge in [0.2, 0.25) is 0 Å². The molecule has 6 nitrogen and oxygen atoms in total. The lowest BCUT2D eigenvalue weighted by atomic mass is 10.1. The van der Waals surface area contributed by atoms with E-state index in [0.717, 1.165) is 69.1 Å². The number of nitrogens with zero attached hydrogens (tertiary/aromatic N) is 3. The molecule has 0 aliphatic carbocycles. The number of hydrogen-bond acceptors (Lipinski definition) is 6. The molecule has 0 radical (unpaired) electrons. The Balaban J connectivity index is 1.28. The highest BCUT2D eigenvalue weighted by Crippen LogP contribution is 2.29. The maximum atomic E-state index is 12.0. The van der Waals surface area contributed by atoms with Gasteiger partial charge in [0.25, 0.3) is 0 Å². The molecule has 3 aromatic rings. The number of fused-ring (bicyclic) bond motifs is 1. The van der Waals surface area contributed by atoms with Gasteiger partial charge in [-0.3, -0.25) is 10.2 Å². The van der Waals surface area contributed by atoms with E-state index in [1.165, 1.54) is 10.1 Å². The Labute approximate surface area is 188 Å². The van der Waals surface area contributed by atoms with Crippen LogP contribution < -0.4 is 10.2 Å². The van der Waals surface area contributed by atoms with Crippen LogP contribution in [0.15, 0.2) is 48.5 Å². The summed E-state index contributed by atoms with van der Waals surface area (Å²) in [6.07, 6.45) is 2.42. The van der Waals surface area contributed by atoms with Gasteiger partial charge in [0.15, 0.2) is 0 Å². The summed E-state index contributed by atoms with van der Waals surface area (Å²) in [5.74, 6) is 1.12. The number of aromatic nitrogens is 1. The maximum absolute atomic E-state index is 12.0. The number of ether oxygens (including phenoxy) is 1. The van der Waals surface area contributed by atoms with Gasteiger partial charge in [-0.1, -0.05) is 43.7 Å². The number of anilines is 2. The first-order valence-corrected chi connectivity index (χ1v) is 11.9. The number of carbonyl (C=O) groups is 1. The Morgan fingerprint density at radius 3 is 2.71 bits per heavy atom. The van der Waals surface area contributed by atoms with Crippen molar-refractivity contribution in [3.63, 3.8) is 0 Å². The van der Waals surface area contributed by atoms with Crippen molar-refractivity contribution in [2.45, 2.75) is 26.2 Å². The minimum atomic E-state index is -0.370. The summed E-state index contributed by atoms with van der Waals surface area (Å²) in [6.45, 7) is 7.50. The summed E-state index contributed by atoms with van der Waals surface area (Å²) in [4.78, 5) is 16.9. The second-order valence-electron chi connectivity index (χ2n) is 7.85. The summed E-state index contributed by atoms with van der Waals surface area (Å²) in [7, 11) is 0. The van der Waals surface area contributed by atoms with Crippen molar-refractivity contribution in [1.29, 1.82) is 0 Å². The van der Waals surface area contributed by atoms with Crippen LogP contribution >= 0.6 is 11.5 Å². The molecule has 1 aromatic heterocycles. The topological polar surface area (TPSA) is 57.7 Å². The average molecular weight is 439 g/mol. The molecule has 164 valence electrons. The van der Waals surface area contributed by atoms with Gasteiger partial charge in [-0.15, -0.1) is 0 Å². The zero-order valence-corrected chi connectivity index (χ0v) is 18.9. The first-order chi connectivity index (χ1) is 15.2. The van der Waals surface area contributed by atoms with Crippen molar-refractivity contribution in [3.8, 4) is 0 Å². The average Bonchev–Trinajstić information content (AvgIpc) is 3.23. The van der Waals surface area contributed by atoms with Gasteiger partial charge in [0, 0.05) is 43.8 Å². The molecule has 0 saturated carbocycles. The highest BCUT2D eigenvalue weighted by atomic mass is 32.1. The van der Waals surface area contributed by atoms with Gasteiger partial charge in [-0.05, 0) is 48.1 Å². The molecule has 1 saturated heterocycles. The molecule has 1 N–H and O–H groups in total. The van der Waals surface area contributed by atoms with E-state index in [9.17, 15) is 4.79 Å². The monoisotopic (exact) mass is 438 g/mol. The lowest BCUT2D eigenvalue weighted by molar-refractivity contribution is 0.160. The molecule has 0 atom stereocenters. The fourth-order valence-electron chi connectivity index (χ4n) is 3.88. The number of piperazine rings is 1. The molecule has 1 aliphatic rings. The van der Waals surface area contributed by atoms with Gasteiger partial charge in [0.1, 0.15) is 5.82 Å². The number of nitrogens with one attached hydrogen (secondary N) is 1. The quantitative estimate of drug-likeness (QED) is 0.501. The van der Waals surface area contributed by atoms with Gasteiger partial charge < -0.3 is 9.64 Å². The van der Waals surface area contributed by atoms with Crippen LogP contribution in [0.1, 0.15) is 25.3 Å². The van der Waals surface area contributed by atoms with Crippen molar-refractivity contribution in [2.24, 2.45) is 0 Å². The molecule has 0 unspecified atom stereocenters. The lowest BCUT2D eigenvalue weighted by Crippen LogP contribution is -2.47. The third kappa shape index (κ3) is 5.54. The van der Waals surface area contributed by atoms with Crippen LogP contribution in [0.4, 0.5) is 16.3 Å². The zero-order chi connectivity index (χ0) is 21.5. The van der Waals surface area contributed by atoms with E-state index < -0.39 is 0 Å². The zero-order valence-electron chi connectivity index (χ0n) is 18.0. The first-order valence-electron chi connectivity index (χ1n) is 11.1. The predicted octanol–water partition coefficient (Wildman–Crippen LogP) is 5.01. The van der Waals surface area contributed by atoms with Crippen LogP contribution in [0.5, 0.6) is 0 Å². The van der Waals surface area contributed by atoms with Gasteiger partial charge >= 0.3 is 6.09 Å². The van der Waals surface area contributed by atoms with Crippen molar-refractivity contribution < 1.29 is 9.53 Å². The Hall–Kier alpha value is -2.64. The molecule has 1 aliphatic heterocycles. The van der Waals surface area contributed by atoms with Gasteiger partial charge in [-0.2, -0.15) is 4.37 Å². The second-order valence-corrected chi connectivity index (χ2v) is 8.66. The molecular formula is C24H30N4O2S. The molecule has 1 amide bonds. The van der Waals surface area contributed by atoms with Crippen molar-refractivity contribution in [3.05, 3.63) is 54.1 Å². The summed E-state index contributed by atoms with van der Waals surface area (Å²) < 4.78 is 11.2. The standard InChI is InChI=1S/C24H30N4O2S/c1-2-3-18-30-24(29)25-21-10-6-4-8-19(21)12-13-27-14-16-28(17-15-27)23-20-9-5-7-11-22(20)31-26-23/h4-11H,2-3,12-18H2,1H3,(H,25,29). The number of benzene rings is 2. The van der Waals surface area contributed by atoms with Gasteiger partial charge in [-0.25, -0.2) is 4.79 Å². The normalized spacial score (nSPS) is 14.7. The lowest BCUT2D eigenvalue weighted by Gasteiger charge is -2.35. The second kappa shape index (κ2) is 10.6. The number of hydrogen-bond donors (Lipinski definition) is 1. The SMILES string of the molecule is CCCCOC(=O)Nc1ccccc1CCN1CCN(c2nsc3ccccc23)CC1. The number of rotatable bonds is 8. The van der Waals surface area contributed by atoms with E-state index in [0.29, 0.717) is 6.61 Å². The Bertz CT molecular complexity index is 998. The Morgan fingerprint density at radius 2 is 1.87 bits per heavy atom. The number of unbranched alkanes of at least 4 members (excludes halogenated alkanes) is 1. The highest BCUT2D eigenvalue weighted by molar-refractivity contribution is 7.13. The predicted molar refractivity (Wildman–Crippen MR) is 128 cm³/mol. The van der Waals surface area contributed by atoms with Crippen LogP contribution in [0, 0.1) is 0 Å². The molecule has 31 heavy (non-hydrogen) atoms.